The summed E-state index contributed by atoms with van der Waals surface area (Å²) in [6, 6.07) is 11.8. The fourth-order valence-corrected chi connectivity index (χ4v) is 5.32. The predicted molar refractivity (Wildman–Crippen MR) is 146 cm³/mol. The molecule has 1 saturated carbocycles. The zero-order chi connectivity index (χ0) is 26.9. The fraction of sp³-hybridized carbons (Fsp3) is 0.258. The van der Waals surface area contributed by atoms with Gasteiger partial charge in [-0.25, -0.2) is 19.3 Å². The molecule has 7 nitrogen and oxygen atoms in total. The van der Waals surface area contributed by atoms with Crippen LogP contribution in [-0.4, -0.2) is 38.2 Å². The van der Waals surface area contributed by atoms with Crippen LogP contribution in [0.5, 0.6) is 0 Å². The summed E-state index contributed by atoms with van der Waals surface area (Å²) in [6.45, 7) is 2.24. The van der Waals surface area contributed by atoms with Crippen molar-refractivity contribution in [3.8, 4) is 23.0 Å². The first kappa shape index (κ1) is 24.7. The standard InChI is InChI=1S/C31H26FN5O2/c1-2-4-29(38)37-12-3-5-27(37)25-14-22(13-23-17-33-18-35-30(23)25)24-9-8-21(15-26(24)32)31(39)36-28-16-20(10-11-34-28)19-6-7-19/h8-11,13-19,27H,3,5-7,12H2,1H3,(H,34,36,39). The molecule has 0 spiro atoms. The molecule has 2 fully saturated rings. The summed E-state index contributed by atoms with van der Waals surface area (Å²) in [5.41, 5.74) is 3.87. The summed E-state index contributed by atoms with van der Waals surface area (Å²) >= 11 is 0. The van der Waals surface area contributed by atoms with E-state index >= 15 is 4.39 Å². The first-order valence-electron chi connectivity index (χ1n) is 13.1. The van der Waals surface area contributed by atoms with Crippen molar-refractivity contribution in [1.29, 1.82) is 0 Å². The number of halogens is 1. The summed E-state index contributed by atoms with van der Waals surface area (Å²) in [5, 5.41) is 3.53. The number of nitrogens with zero attached hydrogens (tertiary/aromatic N) is 4. The highest BCUT2D eigenvalue weighted by Crippen LogP contribution is 2.40. The zero-order valence-corrected chi connectivity index (χ0v) is 21.4. The Morgan fingerprint density at radius 3 is 2.74 bits per heavy atom. The van der Waals surface area contributed by atoms with Gasteiger partial charge in [0.05, 0.1) is 11.6 Å². The molecular formula is C31H26FN5O2. The molecule has 1 unspecified atom stereocenters. The number of fused-ring (bicyclic) bond motifs is 1. The Morgan fingerprint density at radius 1 is 1.08 bits per heavy atom. The molecule has 2 aliphatic rings. The number of pyridine rings is 1. The van der Waals surface area contributed by atoms with Crippen LogP contribution < -0.4 is 5.32 Å². The second kappa shape index (κ2) is 10.3. The molecule has 4 aromatic rings. The summed E-state index contributed by atoms with van der Waals surface area (Å²) in [7, 11) is 0. The minimum absolute atomic E-state index is 0.199. The first-order chi connectivity index (χ1) is 19.0. The Bertz CT molecular complexity index is 1670. The molecule has 3 heterocycles. The van der Waals surface area contributed by atoms with Gasteiger partial charge in [0.2, 0.25) is 0 Å². The highest BCUT2D eigenvalue weighted by Gasteiger charge is 2.31. The number of hydrogen-bond donors (Lipinski definition) is 1. The summed E-state index contributed by atoms with van der Waals surface area (Å²) in [6.07, 6.45) is 8.74. The number of anilines is 1. The average molecular weight is 520 g/mol. The van der Waals surface area contributed by atoms with Crippen LogP contribution in [0, 0.1) is 17.7 Å². The van der Waals surface area contributed by atoms with Gasteiger partial charge >= 0.3 is 0 Å². The van der Waals surface area contributed by atoms with Crippen LogP contribution in [0.25, 0.3) is 22.0 Å². The van der Waals surface area contributed by atoms with Gasteiger partial charge in [-0.05, 0) is 92.0 Å². The molecular weight excluding hydrogens is 493 g/mol. The molecule has 39 heavy (non-hydrogen) atoms. The monoisotopic (exact) mass is 519 g/mol. The van der Waals surface area contributed by atoms with Crippen molar-refractivity contribution >= 4 is 28.5 Å². The van der Waals surface area contributed by atoms with Gasteiger partial charge in [0.1, 0.15) is 18.0 Å². The molecule has 1 atom stereocenters. The summed E-state index contributed by atoms with van der Waals surface area (Å²) < 4.78 is 15.5. The highest BCUT2D eigenvalue weighted by atomic mass is 19.1. The number of aromatic nitrogens is 3. The fourth-order valence-electron chi connectivity index (χ4n) is 5.32. The van der Waals surface area contributed by atoms with Gasteiger partial charge in [-0.2, -0.15) is 0 Å². The van der Waals surface area contributed by atoms with Crippen molar-refractivity contribution in [2.24, 2.45) is 0 Å². The van der Waals surface area contributed by atoms with E-state index in [0.29, 0.717) is 29.4 Å². The van der Waals surface area contributed by atoms with Gasteiger partial charge in [0.15, 0.2) is 0 Å². The molecule has 2 amide bonds. The van der Waals surface area contributed by atoms with Crippen LogP contribution >= 0.6 is 0 Å². The van der Waals surface area contributed by atoms with Crippen LogP contribution in [-0.2, 0) is 4.79 Å². The number of carbonyl (C=O) groups excluding carboxylic acids is 2. The minimum atomic E-state index is -0.527. The lowest BCUT2D eigenvalue weighted by atomic mass is 9.94. The molecule has 0 bridgehead atoms. The Balaban J connectivity index is 1.32. The third-order valence-electron chi connectivity index (χ3n) is 7.36. The quantitative estimate of drug-likeness (QED) is 0.345. The van der Waals surface area contributed by atoms with E-state index in [1.807, 2.05) is 24.3 Å². The lowest BCUT2D eigenvalue weighted by molar-refractivity contribution is -0.125. The molecule has 1 saturated heterocycles. The Kier molecular flexibility index (Phi) is 6.49. The third kappa shape index (κ3) is 4.96. The van der Waals surface area contributed by atoms with Crippen LogP contribution in [0.15, 0.2) is 61.2 Å². The van der Waals surface area contributed by atoms with Crippen molar-refractivity contribution in [2.45, 2.75) is 44.6 Å². The first-order valence-corrected chi connectivity index (χ1v) is 13.1. The Hall–Kier alpha value is -4.64. The van der Waals surface area contributed by atoms with E-state index in [1.54, 1.807) is 36.4 Å². The van der Waals surface area contributed by atoms with Crippen LogP contribution in [0.1, 0.15) is 66.1 Å². The Labute approximate surface area is 225 Å². The Morgan fingerprint density at radius 2 is 1.95 bits per heavy atom. The van der Waals surface area contributed by atoms with E-state index < -0.39 is 11.7 Å². The molecule has 8 heteroatoms. The largest absolute Gasteiger partial charge is 0.325 e. The number of amides is 2. The van der Waals surface area contributed by atoms with Crippen LogP contribution in [0.3, 0.4) is 0 Å². The average Bonchev–Trinajstić information content (AvgIpc) is 3.69. The highest BCUT2D eigenvalue weighted by molar-refractivity contribution is 6.04. The number of carbonyl (C=O) groups is 2. The molecule has 1 N–H and O–H groups in total. The van der Waals surface area contributed by atoms with Gasteiger partial charge in [-0.1, -0.05) is 12.0 Å². The van der Waals surface area contributed by atoms with Gasteiger partial charge in [-0.3, -0.25) is 9.59 Å². The number of benzene rings is 2. The van der Waals surface area contributed by atoms with Crippen LogP contribution in [0.2, 0.25) is 0 Å². The van der Waals surface area contributed by atoms with Gasteiger partial charge in [0, 0.05) is 41.0 Å². The van der Waals surface area contributed by atoms with Crippen molar-refractivity contribution in [3.05, 3.63) is 83.7 Å². The number of hydrogen-bond acceptors (Lipinski definition) is 5. The molecule has 1 aliphatic carbocycles. The summed E-state index contributed by atoms with van der Waals surface area (Å²) in [4.78, 5) is 40.2. The molecule has 0 radical (unpaired) electrons. The zero-order valence-electron chi connectivity index (χ0n) is 21.4. The van der Waals surface area contributed by atoms with E-state index in [-0.39, 0.29) is 17.5 Å². The molecule has 1 aliphatic heterocycles. The minimum Gasteiger partial charge on any atom is -0.325 e. The topological polar surface area (TPSA) is 88.1 Å². The molecule has 2 aromatic carbocycles. The van der Waals surface area contributed by atoms with E-state index in [1.165, 1.54) is 12.4 Å². The molecule has 2 aromatic heterocycles. The lowest BCUT2D eigenvalue weighted by Gasteiger charge is -2.24. The van der Waals surface area contributed by atoms with Crippen molar-refractivity contribution < 1.29 is 14.0 Å². The lowest BCUT2D eigenvalue weighted by Crippen LogP contribution is -2.29. The maximum Gasteiger partial charge on any atom is 0.298 e. The van der Waals surface area contributed by atoms with Crippen LogP contribution in [0.4, 0.5) is 10.2 Å². The van der Waals surface area contributed by atoms with Crippen molar-refractivity contribution in [3.63, 3.8) is 0 Å². The second-order valence-electron chi connectivity index (χ2n) is 9.96. The van der Waals surface area contributed by atoms with E-state index in [0.717, 1.165) is 47.7 Å². The molecule has 6 rings (SSSR count). The third-order valence-corrected chi connectivity index (χ3v) is 7.36. The smallest absolute Gasteiger partial charge is 0.298 e. The van der Waals surface area contributed by atoms with Gasteiger partial charge in [-0.15, -0.1) is 0 Å². The maximum absolute atomic E-state index is 15.5. The van der Waals surface area contributed by atoms with Gasteiger partial charge < -0.3 is 10.2 Å². The normalized spacial score (nSPS) is 16.6. The SMILES string of the molecule is CC#CC(=O)N1CCCC1c1cc(-c2ccc(C(=O)Nc3cc(C4CC4)ccn3)cc2F)cc2cncnc12. The van der Waals surface area contributed by atoms with E-state index in [4.69, 9.17) is 0 Å². The van der Waals surface area contributed by atoms with E-state index in [2.05, 4.69) is 32.1 Å². The maximum atomic E-state index is 15.5. The van der Waals surface area contributed by atoms with E-state index in [9.17, 15) is 9.59 Å². The van der Waals surface area contributed by atoms with Crippen molar-refractivity contribution in [2.75, 3.05) is 11.9 Å². The summed E-state index contributed by atoms with van der Waals surface area (Å²) in [5.74, 6) is 5.13. The number of likely N-dealkylation sites (tertiary alicyclic amines) is 1. The van der Waals surface area contributed by atoms with Gasteiger partial charge in [0.25, 0.3) is 11.8 Å². The predicted octanol–water partition coefficient (Wildman–Crippen LogP) is 5.65. The number of nitrogens with one attached hydrogen (secondary N) is 1. The molecule has 194 valence electrons. The van der Waals surface area contributed by atoms with Crippen molar-refractivity contribution in [1.82, 2.24) is 19.9 Å². The second-order valence-corrected chi connectivity index (χ2v) is 9.96. The number of rotatable bonds is 5.